The number of carbonyl (C=O) groups is 1. The first-order valence-corrected chi connectivity index (χ1v) is 10.3. The standard InChI is InChI=1S/C24H27N3O2.ClH/c28-24(18-29-23-11-10-19-6-1-2-7-20(19)16-23)27(17-21-8-3-4-14-26-21)22-9-5-13-25-15-12-22;/h1-4,6-8,10-11,14,16,22,25H,5,9,12-13,15,17-18H2;1H. The van der Waals surface area contributed by atoms with Crippen molar-refractivity contribution in [3.63, 3.8) is 0 Å². The van der Waals surface area contributed by atoms with Crippen molar-refractivity contribution < 1.29 is 9.53 Å². The molecule has 1 aromatic heterocycles. The fourth-order valence-electron chi connectivity index (χ4n) is 3.88. The van der Waals surface area contributed by atoms with Gasteiger partial charge in [-0.3, -0.25) is 9.78 Å². The number of hydrogen-bond donors (Lipinski definition) is 1. The van der Waals surface area contributed by atoms with Crippen LogP contribution in [0.1, 0.15) is 25.0 Å². The first-order valence-electron chi connectivity index (χ1n) is 10.3. The Morgan fingerprint density at radius 1 is 1.03 bits per heavy atom. The van der Waals surface area contributed by atoms with Gasteiger partial charge in [-0.15, -0.1) is 12.4 Å². The van der Waals surface area contributed by atoms with Crippen LogP contribution >= 0.6 is 12.4 Å². The van der Waals surface area contributed by atoms with Gasteiger partial charge in [0.25, 0.3) is 5.91 Å². The quantitative estimate of drug-likeness (QED) is 0.642. The van der Waals surface area contributed by atoms with Crippen molar-refractivity contribution >= 4 is 29.1 Å². The Bertz CT molecular complexity index is 943. The molecule has 4 rings (SSSR count). The molecule has 1 amide bonds. The molecule has 1 N–H and O–H groups in total. The van der Waals surface area contributed by atoms with E-state index in [0.29, 0.717) is 6.54 Å². The number of aromatic nitrogens is 1. The van der Waals surface area contributed by atoms with E-state index in [0.717, 1.165) is 54.6 Å². The van der Waals surface area contributed by atoms with Gasteiger partial charge in [-0.25, -0.2) is 0 Å². The van der Waals surface area contributed by atoms with Gasteiger partial charge in [0.2, 0.25) is 0 Å². The summed E-state index contributed by atoms with van der Waals surface area (Å²) < 4.78 is 5.89. The number of nitrogens with zero attached hydrogens (tertiary/aromatic N) is 2. The monoisotopic (exact) mass is 425 g/mol. The maximum atomic E-state index is 13.1. The van der Waals surface area contributed by atoms with Crippen molar-refractivity contribution in [1.29, 1.82) is 0 Å². The predicted molar refractivity (Wildman–Crippen MR) is 122 cm³/mol. The summed E-state index contributed by atoms with van der Waals surface area (Å²) in [7, 11) is 0. The van der Waals surface area contributed by atoms with Gasteiger partial charge in [0.1, 0.15) is 5.75 Å². The smallest absolute Gasteiger partial charge is 0.261 e. The number of pyridine rings is 1. The zero-order chi connectivity index (χ0) is 19.9. The highest BCUT2D eigenvalue weighted by atomic mass is 35.5. The van der Waals surface area contributed by atoms with E-state index in [2.05, 4.69) is 22.4 Å². The number of fused-ring (bicyclic) bond motifs is 1. The van der Waals surface area contributed by atoms with Gasteiger partial charge in [-0.2, -0.15) is 0 Å². The van der Waals surface area contributed by atoms with Gasteiger partial charge >= 0.3 is 0 Å². The van der Waals surface area contributed by atoms with E-state index in [4.69, 9.17) is 4.74 Å². The second kappa shape index (κ2) is 11.0. The number of benzene rings is 2. The SMILES string of the molecule is Cl.O=C(COc1ccc2ccccc2c1)N(Cc1ccccn1)C1CCCNCC1. The molecule has 1 atom stereocenters. The Hall–Kier alpha value is -2.63. The number of carbonyl (C=O) groups excluding carboxylic acids is 1. The number of amides is 1. The maximum absolute atomic E-state index is 13.1. The summed E-state index contributed by atoms with van der Waals surface area (Å²) >= 11 is 0. The highest BCUT2D eigenvalue weighted by Crippen LogP contribution is 2.21. The molecule has 3 aromatic rings. The Kier molecular flexibility index (Phi) is 8.05. The number of rotatable bonds is 6. The van der Waals surface area contributed by atoms with Crippen LogP contribution in [-0.2, 0) is 11.3 Å². The van der Waals surface area contributed by atoms with E-state index in [-0.39, 0.29) is 31.0 Å². The normalized spacial score (nSPS) is 16.3. The summed E-state index contributed by atoms with van der Waals surface area (Å²) in [5, 5.41) is 5.69. The molecule has 0 spiro atoms. The van der Waals surface area contributed by atoms with Crippen LogP contribution < -0.4 is 10.1 Å². The van der Waals surface area contributed by atoms with E-state index in [1.165, 1.54) is 0 Å². The van der Waals surface area contributed by atoms with Crippen molar-refractivity contribution in [3.8, 4) is 5.75 Å². The van der Waals surface area contributed by atoms with Crippen LogP contribution in [0, 0.1) is 0 Å². The first kappa shape index (κ1) is 22.1. The molecule has 0 aliphatic carbocycles. The molecule has 2 aromatic carbocycles. The fourth-order valence-corrected chi connectivity index (χ4v) is 3.88. The highest BCUT2D eigenvalue weighted by Gasteiger charge is 2.25. The summed E-state index contributed by atoms with van der Waals surface area (Å²) in [6.45, 7) is 2.50. The van der Waals surface area contributed by atoms with Crippen LogP contribution in [0.2, 0.25) is 0 Å². The zero-order valence-electron chi connectivity index (χ0n) is 17.0. The van der Waals surface area contributed by atoms with Crippen LogP contribution in [-0.4, -0.2) is 41.5 Å². The molecule has 1 fully saturated rings. The Labute approximate surface area is 183 Å². The lowest BCUT2D eigenvalue weighted by Crippen LogP contribution is -2.43. The van der Waals surface area contributed by atoms with Crippen LogP contribution in [0.25, 0.3) is 10.8 Å². The molecule has 1 saturated heterocycles. The molecule has 158 valence electrons. The van der Waals surface area contributed by atoms with E-state index >= 15 is 0 Å². The Morgan fingerprint density at radius 2 is 1.87 bits per heavy atom. The second-order valence-electron chi connectivity index (χ2n) is 7.48. The van der Waals surface area contributed by atoms with Crippen molar-refractivity contribution in [2.24, 2.45) is 0 Å². The van der Waals surface area contributed by atoms with Crippen molar-refractivity contribution in [3.05, 3.63) is 72.6 Å². The van der Waals surface area contributed by atoms with Crippen molar-refractivity contribution in [2.45, 2.75) is 31.8 Å². The van der Waals surface area contributed by atoms with Gasteiger partial charge in [0, 0.05) is 12.2 Å². The largest absolute Gasteiger partial charge is 0.484 e. The van der Waals surface area contributed by atoms with E-state index in [1.54, 1.807) is 6.20 Å². The lowest BCUT2D eigenvalue weighted by atomic mass is 10.1. The molecular formula is C24H28ClN3O2. The average molecular weight is 426 g/mol. The summed E-state index contributed by atoms with van der Waals surface area (Å²) in [6, 6.07) is 20.1. The topological polar surface area (TPSA) is 54.5 Å². The molecule has 5 nitrogen and oxygen atoms in total. The number of nitrogens with one attached hydrogen (secondary N) is 1. The molecular weight excluding hydrogens is 398 g/mol. The summed E-state index contributed by atoms with van der Waals surface area (Å²) in [4.78, 5) is 19.5. The van der Waals surface area contributed by atoms with Crippen LogP contribution in [0.5, 0.6) is 5.75 Å². The molecule has 1 aliphatic rings. The summed E-state index contributed by atoms with van der Waals surface area (Å²) in [5.74, 6) is 0.730. The molecule has 1 aliphatic heterocycles. The Morgan fingerprint density at radius 3 is 2.70 bits per heavy atom. The van der Waals surface area contributed by atoms with E-state index in [1.807, 2.05) is 53.4 Å². The van der Waals surface area contributed by atoms with Crippen LogP contribution in [0.3, 0.4) is 0 Å². The average Bonchev–Trinajstić information content (AvgIpc) is 3.06. The van der Waals surface area contributed by atoms with Crippen LogP contribution in [0.15, 0.2) is 66.9 Å². The van der Waals surface area contributed by atoms with Gasteiger partial charge in [0.05, 0.1) is 12.2 Å². The van der Waals surface area contributed by atoms with Crippen molar-refractivity contribution in [2.75, 3.05) is 19.7 Å². The highest BCUT2D eigenvalue weighted by molar-refractivity contribution is 5.85. The van der Waals surface area contributed by atoms with Gasteiger partial charge < -0.3 is 15.0 Å². The van der Waals surface area contributed by atoms with Crippen LogP contribution in [0.4, 0.5) is 0 Å². The summed E-state index contributed by atoms with van der Waals surface area (Å²) in [6.07, 6.45) is 4.80. The molecule has 1 unspecified atom stereocenters. The molecule has 30 heavy (non-hydrogen) atoms. The molecule has 0 radical (unpaired) electrons. The van der Waals surface area contributed by atoms with Gasteiger partial charge in [-0.1, -0.05) is 36.4 Å². The second-order valence-corrected chi connectivity index (χ2v) is 7.48. The maximum Gasteiger partial charge on any atom is 0.261 e. The fraction of sp³-hybridized carbons (Fsp3) is 0.333. The lowest BCUT2D eigenvalue weighted by molar-refractivity contribution is -0.136. The first-order chi connectivity index (χ1) is 14.3. The molecule has 2 heterocycles. The number of halogens is 1. The van der Waals surface area contributed by atoms with Crippen molar-refractivity contribution in [1.82, 2.24) is 15.2 Å². The molecule has 6 heteroatoms. The minimum absolute atomic E-state index is 0. The number of hydrogen-bond acceptors (Lipinski definition) is 4. The third-order valence-corrected chi connectivity index (χ3v) is 5.45. The predicted octanol–water partition coefficient (Wildman–Crippen LogP) is 4.21. The summed E-state index contributed by atoms with van der Waals surface area (Å²) in [5.41, 5.74) is 0.906. The molecule has 0 bridgehead atoms. The third-order valence-electron chi connectivity index (χ3n) is 5.45. The lowest BCUT2D eigenvalue weighted by Gasteiger charge is -2.31. The minimum Gasteiger partial charge on any atom is -0.484 e. The molecule has 0 saturated carbocycles. The number of ether oxygens (including phenoxy) is 1. The van der Waals surface area contributed by atoms with E-state index in [9.17, 15) is 4.79 Å². The zero-order valence-corrected chi connectivity index (χ0v) is 17.8. The Balaban J connectivity index is 0.00000256. The van der Waals surface area contributed by atoms with Gasteiger partial charge in [0.15, 0.2) is 6.61 Å². The van der Waals surface area contributed by atoms with Gasteiger partial charge in [-0.05, 0) is 67.4 Å². The van der Waals surface area contributed by atoms with E-state index < -0.39 is 0 Å². The minimum atomic E-state index is 0. The third kappa shape index (κ3) is 5.71.